The fourth-order valence-electron chi connectivity index (χ4n) is 2.02. The van der Waals surface area contributed by atoms with Crippen molar-refractivity contribution in [3.63, 3.8) is 0 Å². The number of benzene rings is 1. The van der Waals surface area contributed by atoms with E-state index in [4.69, 9.17) is 4.74 Å². The van der Waals surface area contributed by atoms with Gasteiger partial charge in [-0.05, 0) is 25.1 Å². The van der Waals surface area contributed by atoms with Crippen LogP contribution in [0.5, 0.6) is 5.75 Å². The van der Waals surface area contributed by atoms with Gasteiger partial charge in [0.05, 0.1) is 13.7 Å². The average molecular weight is 398 g/mol. The first-order chi connectivity index (χ1) is 11.8. The van der Waals surface area contributed by atoms with Gasteiger partial charge in [-0.2, -0.15) is 13.2 Å². The first-order valence-electron chi connectivity index (χ1n) is 7.29. The Morgan fingerprint density at radius 2 is 1.81 bits per heavy atom. The number of halogens is 3. The second-order valence-corrected chi connectivity index (χ2v) is 7.99. The molecule has 7 nitrogen and oxygen atoms in total. The van der Waals surface area contributed by atoms with Crippen molar-refractivity contribution in [3.8, 4) is 5.75 Å². The molecule has 11 heteroatoms. The van der Waals surface area contributed by atoms with Crippen molar-refractivity contribution in [2.24, 2.45) is 0 Å². The minimum Gasteiger partial charge on any atom is -0.495 e. The predicted octanol–water partition coefficient (Wildman–Crippen LogP) is 1.64. The molecule has 1 aromatic carbocycles. The molecule has 0 aromatic heterocycles. The van der Waals surface area contributed by atoms with Crippen LogP contribution >= 0.6 is 0 Å². The maximum absolute atomic E-state index is 13.2. The number of alkyl halides is 3. The van der Waals surface area contributed by atoms with E-state index in [1.807, 2.05) is 5.32 Å². The number of carbonyl (C=O) groups is 1. The lowest BCUT2D eigenvalue weighted by atomic mass is 10.0. The molecule has 0 radical (unpaired) electrons. The van der Waals surface area contributed by atoms with Gasteiger partial charge in [0.25, 0.3) is 5.91 Å². The Morgan fingerprint density at radius 1 is 1.23 bits per heavy atom. The molecule has 1 aromatic rings. The number of hydrogen-bond donors (Lipinski definition) is 1. The lowest BCUT2D eigenvalue weighted by Gasteiger charge is -2.32. The fraction of sp³-hybridized carbons (Fsp3) is 0.533. The van der Waals surface area contributed by atoms with Gasteiger partial charge in [0, 0.05) is 26.8 Å². The van der Waals surface area contributed by atoms with Crippen LogP contribution in [0.2, 0.25) is 0 Å². The molecular formula is C15H21F3N2O5S. The molecule has 0 unspecified atom stereocenters. The van der Waals surface area contributed by atoms with E-state index in [2.05, 4.69) is 4.74 Å². The zero-order chi connectivity index (χ0) is 20.3. The number of rotatable bonds is 7. The minimum atomic E-state index is -4.77. The number of ether oxygens (including phenoxy) is 2. The smallest absolute Gasteiger partial charge is 0.413 e. The molecule has 1 N–H and O–H groups in total. The lowest BCUT2D eigenvalue weighted by Crippen LogP contribution is -2.59. The highest BCUT2D eigenvalue weighted by Gasteiger charge is 2.52. The van der Waals surface area contributed by atoms with Crippen LogP contribution in [-0.2, 0) is 14.8 Å². The molecule has 0 saturated heterocycles. The maximum Gasteiger partial charge on any atom is 0.413 e. The molecule has 0 heterocycles. The summed E-state index contributed by atoms with van der Waals surface area (Å²) >= 11 is 0. The number of hydrogen-bond acceptors (Lipinski definition) is 5. The number of sulfonamides is 1. The lowest BCUT2D eigenvalue weighted by molar-refractivity contribution is -0.200. The quantitative estimate of drug-likeness (QED) is 0.755. The van der Waals surface area contributed by atoms with Gasteiger partial charge in [-0.15, -0.1) is 0 Å². The van der Waals surface area contributed by atoms with E-state index in [9.17, 15) is 26.4 Å². The first kappa shape index (κ1) is 22.2. The minimum absolute atomic E-state index is 0.0364. The molecule has 0 bridgehead atoms. The highest BCUT2D eigenvalue weighted by molar-refractivity contribution is 7.89. The maximum atomic E-state index is 13.2. The van der Waals surface area contributed by atoms with Crippen LogP contribution in [0.3, 0.4) is 0 Å². The summed E-state index contributed by atoms with van der Waals surface area (Å²) in [5, 5.41) is 1.86. The summed E-state index contributed by atoms with van der Waals surface area (Å²) in [7, 11) is 0.894. The summed E-state index contributed by atoms with van der Waals surface area (Å²) in [5.74, 6) is -1.13. The molecule has 148 valence electrons. The Balaban J connectivity index is 3.34. The van der Waals surface area contributed by atoms with Crippen molar-refractivity contribution in [1.82, 2.24) is 9.62 Å². The highest BCUT2D eigenvalue weighted by atomic mass is 32.2. The molecule has 0 aliphatic carbocycles. The Bertz CT molecular complexity index is 765. The summed E-state index contributed by atoms with van der Waals surface area (Å²) in [5.41, 5.74) is -2.91. The van der Waals surface area contributed by atoms with Gasteiger partial charge in [-0.3, -0.25) is 4.79 Å². The molecule has 0 aliphatic heterocycles. The van der Waals surface area contributed by atoms with E-state index in [1.54, 1.807) is 0 Å². The Hall–Kier alpha value is -1.85. The zero-order valence-corrected chi connectivity index (χ0v) is 15.8. The van der Waals surface area contributed by atoms with Crippen molar-refractivity contribution in [2.45, 2.75) is 23.5 Å². The van der Waals surface area contributed by atoms with E-state index >= 15 is 0 Å². The van der Waals surface area contributed by atoms with Gasteiger partial charge in [0.2, 0.25) is 10.0 Å². The first-order valence-corrected chi connectivity index (χ1v) is 8.73. The second kappa shape index (κ2) is 7.80. The standard InChI is InChI=1S/C15H21F3N2O5S/c1-14(9-24-4,15(16,17)18)19-13(21)10-6-7-11(25-5)12(8-10)26(22,23)20(2)3/h6-8H,9H2,1-5H3,(H,19,21)/t14-/m1/s1. The predicted molar refractivity (Wildman–Crippen MR) is 87.7 cm³/mol. The Kier molecular flexibility index (Phi) is 6.66. The monoisotopic (exact) mass is 398 g/mol. The number of nitrogens with one attached hydrogen (secondary N) is 1. The van der Waals surface area contributed by atoms with Gasteiger partial charge in [0.1, 0.15) is 10.6 Å². The van der Waals surface area contributed by atoms with Gasteiger partial charge >= 0.3 is 6.18 Å². The number of carbonyl (C=O) groups excluding carboxylic acids is 1. The van der Waals surface area contributed by atoms with Crippen LogP contribution in [0.1, 0.15) is 17.3 Å². The largest absolute Gasteiger partial charge is 0.495 e. The normalized spacial score (nSPS) is 14.8. The van der Waals surface area contributed by atoms with Gasteiger partial charge in [-0.1, -0.05) is 0 Å². The van der Waals surface area contributed by atoms with Crippen LogP contribution in [0.15, 0.2) is 23.1 Å². The molecule has 0 spiro atoms. The number of methoxy groups -OCH3 is 2. The summed E-state index contributed by atoms with van der Waals surface area (Å²) in [6.45, 7) is -0.0311. The molecular weight excluding hydrogens is 377 g/mol. The van der Waals surface area contributed by atoms with E-state index < -0.39 is 34.3 Å². The fourth-order valence-corrected chi connectivity index (χ4v) is 3.09. The van der Waals surface area contributed by atoms with Crippen LogP contribution < -0.4 is 10.1 Å². The van der Waals surface area contributed by atoms with Crippen molar-refractivity contribution < 1.29 is 35.9 Å². The van der Waals surface area contributed by atoms with Gasteiger partial charge in [-0.25, -0.2) is 12.7 Å². The molecule has 1 rings (SSSR count). The van der Waals surface area contributed by atoms with Crippen molar-refractivity contribution in [3.05, 3.63) is 23.8 Å². The van der Waals surface area contributed by atoms with E-state index in [-0.39, 0.29) is 16.2 Å². The van der Waals surface area contributed by atoms with E-state index in [1.165, 1.54) is 33.3 Å². The molecule has 1 amide bonds. The summed E-state index contributed by atoms with van der Waals surface area (Å²) in [4.78, 5) is 12.0. The third kappa shape index (κ3) is 4.46. The van der Waals surface area contributed by atoms with Crippen molar-refractivity contribution in [2.75, 3.05) is 34.9 Å². The highest BCUT2D eigenvalue weighted by Crippen LogP contribution is 2.31. The van der Waals surface area contributed by atoms with Crippen LogP contribution in [0.4, 0.5) is 13.2 Å². The summed E-state index contributed by atoms with van der Waals surface area (Å²) in [6.07, 6.45) is -4.77. The van der Waals surface area contributed by atoms with Crippen LogP contribution in [-0.4, -0.2) is 65.3 Å². The second-order valence-electron chi connectivity index (χ2n) is 5.87. The van der Waals surface area contributed by atoms with Gasteiger partial charge in [0.15, 0.2) is 5.54 Å². The molecule has 0 fully saturated rings. The number of nitrogens with zero attached hydrogens (tertiary/aromatic N) is 1. The van der Waals surface area contributed by atoms with Crippen molar-refractivity contribution >= 4 is 15.9 Å². The van der Waals surface area contributed by atoms with E-state index in [0.29, 0.717) is 0 Å². The third-order valence-electron chi connectivity index (χ3n) is 3.63. The van der Waals surface area contributed by atoms with Crippen LogP contribution in [0.25, 0.3) is 0 Å². The Morgan fingerprint density at radius 3 is 2.23 bits per heavy atom. The summed E-state index contributed by atoms with van der Waals surface area (Å²) in [6, 6.07) is 3.34. The van der Waals surface area contributed by atoms with E-state index in [0.717, 1.165) is 24.4 Å². The zero-order valence-electron chi connectivity index (χ0n) is 15.0. The topological polar surface area (TPSA) is 84.9 Å². The molecule has 0 aliphatic rings. The number of amides is 1. The van der Waals surface area contributed by atoms with Crippen molar-refractivity contribution in [1.29, 1.82) is 0 Å². The molecule has 0 saturated carbocycles. The molecule has 1 atom stereocenters. The average Bonchev–Trinajstić information content (AvgIpc) is 2.53. The SMILES string of the molecule is COC[C@@](C)(NC(=O)c1ccc(OC)c(S(=O)(=O)N(C)C)c1)C(F)(F)F. The third-order valence-corrected chi connectivity index (χ3v) is 5.47. The van der Waals surface area contributed by atoms with Gasteiger partial charge < -0.3 is 14.8 Å². The summed E-state index contributed by atoms with van der Waals surface area (Å²) < 4.78 is 74.9. The van der Waals surface area contributed by atoms with Crippen LogP contribution in [0, 0.1) is 0 Å². The molecule has 26 heavy (non-hydrogen) atoms. The Labute approximate surface area is 150 Å².